The van der Waals surface area contributed by atoms with Crippen LogP contribution in [0.4, 0.5) is 18.9 Å². The zero-order valence-electron chi connectivity index (χ0n) is 15.9. The fraction of sp³-hybridized carbons (Fsp3) is 0.250. The van der Waals surface area contributed by atoms with Gasteiger partial charge in [-0.1, -0.05) is 6.07 Å². The lowest BCUT2D eigenvalue weighted by atomic mass is 10.2. The summed E-state index contributed by atoms with van der Waals surface area (Å²) in [6.07, 6.45) is -3.44. The summed E-state index contributed by atoms with van der Waals surface area (Å²) in [5.74, 6) is -0.398. The molecule has 160 valence electrons. The van der Waals surface area contributed by atoms with Gasteiger partial charge >= 0.3 is 6.18 Å². The first-order chi connectivity index (χ1) is 14.2. The highest BCUT2D eigenvalue weighted by molar-refractivity contribution is 9.10. The molecule has 2 amide bonds. The quantitative estimate of drug-likeness (QED) is 0.418. The molecule has 0 aliphatic rings. The molecule has 0 aromatic heterocycles. The minimum Gasteiger partial charge on any atom is -0.493 e. The van der Waals surface area contributed by atoms with Gasteiger partial charge in [-0.3, -0.25) is 9.59 Å². The van der Waals surface area contributed by atoms with Crippen molar-refractivity contribution in [2.75, 3.05) is 11.9 Å². The van der Waals surface area contributed by atoms with Crippen molar-refractivity contribution < 1.29 is 27.5 Å². The molecule has 2 N–H and O–H groups in total. The van der Waals surface area contributed by atoms with Gasteiger partial charge in [-0.25, -0.2) is 5.43 Å². The SMILES string of the molecule is CCOc1ccc(C=NNC(=O)CCC(=O)Nc2cccc(C(F)(F)F)c2)cc1Br. The zero-order chi connectivity index (χ0) is 22.1. The molecule has 6 nitrogen and oxygen atoms in total. The van der Waals surface area contributed by atoms with Crippen molar-refractivity contribution in [1.29, 1.82) is 0 Å². The summed E-state index contributed by atoms with van der Waals surface area (Å²) in [4.78, 5) is 23.7. The average molecular weight is 486 g/mol. The molecule has 0 fully saturated rings. The topological polar surface area (TPSA) is 79.8 Å². The Labute approximate surface area is 179 Å². The first-order valence-corrected chi connectivity index (χ1v) is 9.69. The Bertz CT molecular complexity index is 933. The third-order valence-electron chi connectivity index (χ3n) is 3.71. The number of ether oxygens (including phenoxy) is 1. The number of halogens is 4. The van der Waals surface area contributed by atoms with Crippen LogP contribution in [0.5, 0.6) is 5.75 Å². The second-order valence-corrected chi connectivity index (χ2v) is 6.90. The summed E-state index contributed by atoms with van der Waals surface area (Å²) >= 11 is 3.37. The van der Waals surface area contributed by atoms with E-state index in [4.69, 9.17) is 4.74 Å². The Morgan fingerprint density at radius 2 is 1.87 bits per heavy atom. The average Bonchev–Trinajstić information content (AvgIpc) is 2.68. The van der Waals surface area contributed by atoms with Crippen LogP contribution < -0.4 is 15.5 Å². The molecule has 0 atom stereocenters. The number of hydrogen-bond donors (Lipinski definition) is 2. The number of anilines is 1. The van der Waals surface area contributed by atoms with Crippen molar-refractivity contribution in [3.8, 4) is 5.75 Å². The summed E-state index contributed by atoms with van der Waals surface area (Å²) in [5.41, 5.74) is 2.15. The van der Waals surface area contributed by atoms with E-state index in [0.717, 1.165) is 16.6 Å². The molecule has 0 aliphatic carbocycles. The van der Waals surface area contributed by atoms with Crippen LogP contribution in [0, 0.1) is 0 Å². The Balaban J connectivity index is 1.80. The van der Waals surface area contributed by atoms with Crippen LogP contribution in [0.1, 0.15) is 30.9 Å². The minimum atomic E-state index is -4.50. The lowest BCUT2D eigenvalue weighted by Gasteiger charge is -2.09. The van der Waals surface area contributed by atoms with E-state index in [0.29, 0.717) is 17.9 Å². The molecular weight excluding hydrogens is 467 g/mol. The fourth-order valence-electron chi connectivity index (χ4n) is 2.33. The maximum absolute atomic E-state index is 12.7. The highest BCUT2D eigenvalue weighted by Gasteiger charge is 2.30. The normalized spacial score (nSPS) is 11.4. The molecule has 0 spiro atoms. The van der Waals surface area contributed by atoms with E-state index in [1.807, 2.05) is 6.92 Å². The summed E-state index contributed by atoms with van der Waals surface area (Å²) < 4.78 is 44.2. The lowest BCUT2D eigenvalue weighted by Crippen LogP contribution is -2.20. The van der Waals surface area contributed by atoms with E-state index >= 15 is 0 Å². The molecule has 10 heteroatoms. The van der Waals surface area contributed by atoms with E-state index in [2.05, 4.69) is 31.8 Å². The van der Waals surface area contributed by atoms with Crippen LogP contribution in [0.3, 0.4) is 0 Å². The summed E-state index contributed by atoms with van der Waals surface area (Å²) in [5, 5.41) is 6.16. The van der Waals surface area contributed by atoms with E-state index in [1.165, 1.54) is 18.3 Å². The third-order valence-corrected chi connectivity index (χ3v) is 4.33. The molecule has 2 aromatic carbocycles. The second-order valence-electron chi connectivity index (χ2n) is 6.04. The van der Waals surface area contributed by atoms with Crippen LogP contribution in [0.25, 0.3) is 0 Å². The number of hydrogen-bond acceptors (Lipinski definition) is 4. The van der Waals surface area contributed by atoms with Crippen molar-refractivity contribution >= 4 is 39.6 Å². The first kappa shape index (κ1) is 23.4. The number of alkyl halides is 3. The van der Waals surface area contributed by atoms with E-state index in [1.54, 1.807) is 18.2 Å². The number of benzene rings is 2. The van der Waals surface area contributed by atoms with Crippen molar-refractivity contribution in [2.45, 2.75) is 25.9 Å². The molecule has 0 saturated carbocycles. The van der Waals surface area contributed by atoms with Crippen LogP contribution in [0.15, 0.2) is 52.0 Å². The molecule has 2 rings (SSSR count). The maximum Gasteiger partial charge on any atom is 0.416 e. The molecule has 0 aliphatic heterocycles. The lowest BCUT2D eigenvalue weighted by molar-refractivity contribution is -0.137. The van der Waals surface area contributed by atoms with Gasteiger partial charge < -0.3 is 10.1 Å². The van der Waals surface area contributed by atoms with Gasteiger partial charge in [0, 0.05) is 18.5 Å². The Morgan fingerprint density at radius 1 is 1.13 bits per heavy atom. The molecule has 0 heterocycles. The molecule has 0 bridgehead atoms. The van der Waals surface area contributed by atoms with Crippen molar-refractivity contribution in [3.63, 3.8) is 0 Å². The Morgan fingerprint density at radius 3 is 2.53 bits per heavy atom. The van der Waals surface area contributed by atoms with Gasteiger partial charge in [0.2, 0.25) is 11.8 Å². The summed E-state index contributed by atoms with van der Waals surface area (Å²) in [7, 11) is 0. The molecular formula is C20H19BrF3N3O3. The second kappa shape index (κ2) is 10.8. The largest absolute Gasteiger partial charge is 0.493 e. The Kier molecular flexibility index (Phi) is 8.40. The van der Waals surface area contributed by atoms with Crippen molar-refractivity contribution in [2.24, 2.45) is 5.10 Å². The Hall–Kier alpha value is -2.88. The van der Waals surface area contributed by atoms with E-state index in [-0.39, 0.29) is 18.5 Å². The first-order valence-electron chi connectivity index (χ1n) is 8.90. The number of rotatable bonds is 8. The predicted octanol–water partition coefficient (Wildman–Crippen LogP) is 4.74. The third kappa shape index (κ3) is 7.51. The molecule has 0 saturated heterocycles. The number of carbonyl (C=O) groups is 2. The van der Waals surface area contributed by atoms with Crippen LogP contribution >= 0.6 is 15.9 Å². The van der Waals surface area contributed by atoms with Gasteiger partial charge in [0.15, 0.2) is 0 Å². The molecule has 2 aromatic rings. The van der Waals surface area contributed by atoms with Gasteiger partial charge in [-0.15, -0.1) is 0 Å². The van der Waals surface area contributed by atoms with Crippen molar-refractivity contribution in [1.82, 2.24) is 5.43 Å². The van der Waals surface area contributed by atoms with Crippen LogP contribution in [-0.4, -0.2) is 24.6 Å². The smallest absolute Gasteiger partial charge is 0.416 e. The van der Waals surface area contributed by atoms with Crippen LogP contribution in [-0.2, 0) is 15.8 Å². The van der Waals surface area contributed by atoms with Gasteiger partial charge in [-0.2, -0.15) is 18.3 Å². The maximum atomic E-state index is 12.7. The number of nitrogens with zero attached hydrogens (tertiary/aromatic N) is 1. The standard InChI is InChI=1S/C20H19BrF3N3O3/c1-2-30-17-7-6-13(10-16(17)21)12-25-27-19(29)9-8-18(28)26-15-5-3-4-14(11-15)20(22,23)24/h3-7,10-12H,2,8-9H2,1H3,(H,26,28)(H,27,29). The highest BCUT2D eigenvalue weighted by Crippen LogP contribution is 2.30. The molecule has 30 heavy (non-hydrogen) atoms. The number of carbonyl (C=O) groups excluding carboxylic acids is 2. The van der Waals surface area contributed by atoms with Gasteiger partial charge in [0.1, 0.15) is 5.75 Å². The highest BCUT2D eigenvalue weighted by atomic mass is 79.9. The number of nitrogens with one attached hydrogen (secondary N) is 2. The predicted molar refractivity (Wildman–Crippen MR) is 110 cm³/mol. The van der Waals surface area contributed by atoms with E-state index in [9.17, 15) is 22.8 Å². The molecule has 0 radical (unpaired) electrons. The summed E-state index contributed by atoms with van der Waals surface area (Å²) in [6.45, 7) is 2.40. The van der Waals surface area contributed by atoms with Gasteiger partial charge in [0.05, 0.1) is 22.9 Å². The monoisotopic (exact) mass is 485 g/mol. The summed E-state index contributed by atoms with van der Waals surface area (Å²) in [6, 6.07) is 9.55. The fourth-order valence-corrected chi connectivity index (χ4v) is 2.84. The molecule has 0 unspecified atom stereocenters. The van der Waals surface area contributed by atoms with Crippen molar-refractivity contribution in [3.05, 3.63) is 58.1 Å². The zero-order valence-corrected chi connectivity index (χ0v) is 17.5. The van der Waals surface area contributed by atoms with Gasteiger partial charge in [0.25, 0.3) is 0 Å². The van der Waals surface area contributed by atoms with E-state index < -0.39 is 23.6 Å². The number of hydrazone groups is 1. The van der Waals surface area contributed by atoms with Crippen LogP contribution in [0.2, 0.25) is 0 Å². The number of amides is 2. The van der Waals surface area contributed by atoms with Gasteiger partial charge in [-0.05, 0) is 64.8 Å². The minimum absolute atomic E-state index is 0.00864.